The third-order valence-electron chi connectivity index (χ3n) is 3.23. The number of ether oxygens (including phenoxy) is 1. The molecule has 2 atom stereocenters. The average molecular weight is 197 g/mol. The van der Waals surface area contributed by atoms with Gasteiger partial charge in [0.2, 0.25) is 0 Å². The number of methoxy groups -OCH3 is 1. The highest BCUT2D eigenvalue weighted by Crippen LogP contribution is 2.38. The lowest BCUT2D eigenvalue weighted by Crippen LogP contribution is -2.44. The summed E-state index contributed by atoms with van der Waals surface area (Å²) >= 11 is 0. The molecule has 0 radical (unpaired) electrons. The summed E-state index contributed by atoms with van der Waals surface area (Å²) in [5, 5.41) is 3.44. The Labute approximate surface area is 85.3 Å². The Hall–Kier alpha value is -0.770. The summed E-state index contributed by atoms with van der Waals surface area (Å²) in [6, 6.07) is 0.437. The molecule has 0 aromatic rings. The molecule has 2 rings (SSSR count). The van der Waals surface area contributed by atoms with Crippen LogP contribution in [0.2, 0.25) is 0 Å². The topological polar surface area (TPSA) is 36.9 Å². The first-order valence-corrected chi connectivity index (χ1v) is 5.23. The largest absolute Gasteiger partial charge is 0.376 e. The molecule has 1 saturated carbocycles. The smallest absolute Gasteiger partial charge is 0.193 e. The fraction of sp³-hybridized carbons (Fsp3) is 0.900. The normalized spacial score (nSPS) is 36.6. The molecule has 0 bridgehead atoms. The van der Waals surface area contributed by atoms with Crippen molar-refractivity contribution in [2.45, 2.75) is 31.4 Å². The lowest BCUT2D eigenvalue weighted by molar-refractivity contribution is 0.0891. The number of aliphatic imine (C=N–C) groups is 1. The van der Waals surface area contributed by atoms with Crippen LogP contribution in [0.3, 0.4) is 0 Å². The molecule has 14 heavy (non-hydrogen) atoms. The molecule has 0 aromatic heterocycles. The molecule has 1 aliphatic carbocycles. The molecule has 2 unspecified atom stereocenters. The van der Waals surface area contributed by atoms with Crippen LogP contribution in [0.1, 0.15) is 19.8 Å². The Morgan fingerprint density at radius 3 is 3.00 bits per heavy atom. The molecule has 4 nitrogen and oxygen atoms in total. The van der Waals surface area contributed by atoms with Gasteiger partial charge in [-0.3, -0.25) is 4.99 Å². The second kappa shape index (κ2) is 3.42. The monoisotopic (exact) mass is 197 g/mol. The minimum absolute atomic E-state index is 0.0286. The van der Waals surface area contributed by atoms with E-state index in [0.29, 0.717) is 6.04 Å². The van der Waals surface area contributed by atoms with Gasteiger partial charge in [0.15, 0.2) is 5.96 Å². The van der Waals surface area contributed by atoms with Crippen LogP contribution in [0, 0.1) is 0 Å². The van der Waals surface area contributed by atoms with Crippen LogP contribution in [0.4, 0.5) is 0 Å². The van der Waals surface area contributed by atoms with Gasteiger partial charge in [0, 0.05) is 33.7 Å². The first kappa shape index (κ1) is 9.77. The van der Waals surface area contributed by atoms with Gasteiger partial charge in [-0.25, -0.2) is 0 Å². The van der Waals surface area contributed by atoms with Crippen LogP contribution >= 0.6 is 0 Å². The van der Waals surface area contributed by atoms with E-state index < -0.39 is 0 Å². The second-order valence-corrected chi connectivity index (χ2v) is 4.40. The van der Waals surface area contributed by atoms with Crippen molar-refractivity contribution in [3.63, 3.8) is 0 Å². The van der Waals surface area contributed by atoms with Crippen molar-refractivity contribution in [3.8, 4) is 0 Å². The van der Waals surface area contributed by atoms with Crippen molar-refractivity contribution < 1.29 is 4.74 Å². The van der Waals surface area contributed by atoms with Gasteiger partial charge in [-0.05, 0) is 13.3 Å². The number of nitrogens with zero attached hydrogens (tertiary/aromatic N) is 2. The van der Waals surface area contributed by atoms with Gasteiger partial charge in [0.25, 0.3) is 0 Å². The van der Waals surface area contributed by atoms with Gasteiger partial charge in [-0.15, -0.1) is 0 Å². The van der Waals surface area contributed by atoms with Gasteiger partial charge in [0.05, 0.1) is 11.6 Å². The number of hydrogen-bond donors (Lipinski definition) is 1. The van der Waals surface area contributed by atoms with E-state index in [2.05, 4.69) is 29.2 Å². The van der Waals surface area contributed by atoms with Gasteiger partial charge in [-0.1, -0.05) is 0 Å². The minimum Gasteiger partial charge on any atom is -0.376 e. The summed E-state index contributed by atoms with van der Waals surface area (Å²) < 4.78 is 5.40. The maximum Gasteiger partial charge on any atom is 0.193 e. The van der Waals surface area contributed by atoms with Crippen LogP contribution in [0.5, 0.6) is 0 Å². The van der Waals surface area contributed by atoms with E-state index >= 15 is 0 Å². The SMILES string of the molecule is COC1(C)CC1NC1=NCCCN1C. The first-order valence-electron chi connectivity index (χ1n) is 5.23. The standard InChI is InChI=1S/C10H19N3O/c1-10(14-3)7-8(10)12-9-11-5-4-6-13(9)2/h8H,4-7H2,1-3H3,(H,11,12). The summed E-state index contributed by atoms with van der Waals surface area (Å²) in [6.07, 6.45) is 2.24. The predicted molar refractivity (Wildman–Crippen MR) is 56.5 cm³/mol. The molecule has 1 fully saturated rings. The molecule has 4 heteroatoms. The predicted octanol–water partition coefficient (Wildman–Crippen LogP) is 0.445. The lowest BCUT2D eigenvalue weighted by Gasteiger charge is -2.26. The molecule has 1 heterocycles. The van der Waals surface area contributed by atoms with Crippen LogP contribution in [0.15, 0.2) is 4.99 Å². The summed E-state index contributed by atoms with van der Waals surface area (Å²) in [5.74, 6) is 1.03. The molecule has 0 spiro atoms. The Kier molecular flexibility index (Phi) is 2.39. The zero-order valence-electron chi connectivity index (χ0n) is 9.21. The van der Waals surface area contributed by atoms with Gasteiger partial charge < -0.3 is 15.0 Å². The Morgan fingerprint density at radius 2 is 2.43 bits per heavy atom. The summed E-state index contributed by atoms with van der Waals surface area (Å²) in [5.41, 5.74) is 0.0286. The van der Waals surface area contributed by atoms with E-state index in [0.717, 1.165) is 31.9 Å². The van der Waals surface area contributed by atoms with Crippen molar-refractivity contribution in [1.82, 2.24) is 10.2 Å². The molecular weight excluding hydrogens is 178 g/mol. The summed E-state index contributed by atoms with van der Waals surface area (Å²) in [7, 11) is 3.85. The van der Waals surface area contributed by atoms with Crippen LogP contribution in [-0.4, -0.2) is 49.7 Å². The highest BCUT2D eigenvalue weighted by Gasteiger charge is 2.51. The molecular formula is C10H19N3O. The van der Waals surface area contributed by atoms with E-state index in [9.17, 15) is 0 Å². The lowest BCUT2D eigenvalue weighted by atomic mass is 10.3. The van der Waals surface area contributed by atoms with Crippen molar-refractivity contribution >= 4 is 5.96 Å². The molecule has 0 aromatic carbocycles. The maximum atomic E-state index is 5.40. The highest BCUT2D eigenvalue weighted by molar-refractivity contribution is 5.81. The van der Waals surface area contributed by atoms with Crippen molar-refractivity contribution in [2.24, 2.45) is 4.99 Å². The van der Waals surface area contributed by atoms with E-state index in [1.165, 1.54) is 0 Å². The van der Waals surface area contributed by atoms with E-state index in [1.807, 2.05) is 0 Å². The third kappa shape index (κ3) is 1.71. The van der Waals surface area contributed by atoms with Gasteiger partial charge in [0.1, 0.15) is 0 Å². The van der Waals surface area contributed by atoms with Crippen LogP contribution in [-0.2, 0) is 4.74 Å². The van der Waals surface area contributed by atoms with Crippen molar-refractivity contribution in [1.29, 1.82) is 0 Å². The second-order valence-electron chi connectivity index (χ2n) is 4.40. The zero-order valence-corrected chi connectivity index (χ0v) is 9.21. The summed E-state index contributed by atoms with van der Waals surface area (Å²) in [4.78, 5) is 6.64. The first-order chi connectivity index (χ1) is 6.65. The highest BCUT2D eigenvalue weighted by atomic mass is 16.5. The number of nitrogens with one attached hydrogen (secondary N) is 1. The van der Waals surface area contributed by atoms with Crippen molar-refractivity contribution in [2.75, 3.05) is 27.2 Å². The average Bonchev–Trinajstić information content (AvgIpc) is 2.82. The molecule has 2 aliphatic rings. The van der Waals surface area contributed by atoms with E-state index in [4.69, 9.17) is 4.74 Å². The maximum absolute atomic E-state index is 5.40. The molecule has 80 valence electrons. The van der Waals surface area contributed by atoms with Gasteiger partial charge >= 0.3 is 0 Å². The number of guanidine groups is 1. The fourth-order valence-electron chi connectivity index (χ4n) is 1.81. The quantitative estimate of drug-likeness (QED) is 0.698. The van der Waals surface area contributed by atoms with Crippen molar-refractivity contribution in [3.05, 3.63) is 0 Å². The Morgan fingerprint density at radius 1 is 1.64 bits per heavy atom. The third-order valence-corrected chi connectivity index (χ3v) is 3.23. The fourth-order valence-corrected chi connectivity index (χ4v) is 1.81. The number of hydrogen-bond acceptors (Lipinski definition) is 4. The van der Waals surface area contributed by atoms with E-state index in [1.54, 1.807) is 7.11 Å². The molecule has 0 amide bonds. The zero-order chi connectivity index (χ0) is 10.2. The van der Waals surface area contributed by atoms with Gasteiger partial charge in [-0.2, -0.15) is 0 Å². The van der Waals surface area contributed by atoms with Crippen LogP contribution in [0.25, 0.3) is 0 Å². The Balaban J connectivity index is 1.89. The molecule has 1 N–H and O–H groups in total. The van der Waals surface area contributed by atoms with Crippen LogP contribution < -0.4 is 5.32 Å². The molecule has 1 aliphatic heterocycles. The summed E-state index contributed by atoms with van der Waals surface area (Å²) in [6.45, 7) is 4.18. The minimum atomic E-state index is 0.0286. The molecule has 0 saturated heterocycles. The Bertz CT molecular complexity index is 254. The van der Waals surface area contributed by atoms with E-state index in [-0.39, 0.29) is 5.60 Å². The number of rotatable bonds is 2.